The van der Waals surface area contributed by atoms with Gasteiger partial charge in [0.1, 0.15) is 22.2 Å². The molecule has 2 amide bonds. The van der Waals surface area contributed by atoms with Crippen molar-refractivity contribution in [2.24, 2.45) is 0 Å². The number of aryl methyl sites for hydroxylation is 2. The summed E-state index contributed by atoms with van der Waals surface area (Å²) < 4.78 is 45.2. The highest BCUT2D eigenvalue weighted by molar-refractivity contribution is 7.89. The lowest BCUT2D eigenvalue weighted by atomic mass is 10.2. The van der Waals surface area contributed by atoms with E-state index in [0.29, 0.717) is 11.5 Å². The van der Waals surface area contributed by atoms with Crippen LogP contribution in [0.3, 0.4) is 0 Å². The number of benzene rings is 1. The van der Waals surface area contributed by atoms with Gasteiger partial charge in [-0.1, -0.05) is 12.1 Å². The quantitative estimate of drug-likeness (QED) is 0.670. The first-order valence-corrected chi connectivity index (χ1v) is 9.04. The Kier molecular flexibility index (Phi) is 5.78. The molecule has 1 aromatic carbocycles. The molecule has 2 aromatic rings. The Balaban J connectivity index is 1.98. The Morgan fingerprint density at radius 3 is 2.38 bits per heavy atom. The van der Waals surface area contributed by atoms with Crippen molar-refractivity contribution in [2.75, 3.05) is 0 Å². The molecule has 0 saturated carbocycles. The molecule has 1 aromatic heterocycles. The number of hydrazine groups is 1. The van der Waals surface area contributed by atoms with E-state index < -0.39 is 38.6 Å². The lowest BCUT2D eigenvalue weighted by Crippen LogP contribution is -2.51. The number of carbonyl (C=O) groups excluding carboxylic acids is 2. The van der Waals surface area contributed by atoms with Crippen molar-refractivity contribution in [1.29, 1.82) is 0 Å². The van der Waals surface area contributed by atoms with E-state index in [4.69, 9.17) is 4.42 Å². The molecule has 26 heavy (non-hydrogen) atoms. The first-order chi connectivity index (χ1) is 12.1. The normalized spacial score (nSPS) is 12.5. The SMILES string of the molecule is Cc1cc(C(=O)NNC(=O)C(C)NS(=O)(=O)c2ccccc2F)c(C)o1. The van der Waals surface area contributed by atoms with Gasteiger partial charge in [0.15, 0.2) is 0 Å². The van der Waals surface area contributed by atoms with Crippen LogP contribution in [0.15, 0.2) is 39.6 Å². The lowest BCUT2D eigenvalue weighted by molar-refractivity contribution is -0.123. The molecule has 0 fully saturated rings. The molecule has 0 aliphatic heterocycles. The molecule has 8 nitrogen and oxygen atoms in total. The summed E-state index contributed by atoms with van der Waals surface area (Å²) >= 11 is 0. The van der Waals surface area contributed by atoms with Crippen molar-refractivity contribution in [3.05, 3.63) is 53.2 Å². The fourth-order valence-electron chi connectivity index (χ4n) is 2.16. The van der Waals surface area contributed by atoms with Crippen LogP contribution in [0.2, 0.25) is 0 Å². The van der Waals surface area contributed by atoms with Gasteiger partial charge in [-0.05, 0) is 39.0 Å². The van der Waals surface area contributed by atoms with Crippen LogP contribution in [0.1, 0.15) is 28.8 Å². The topological polar surface area (TPSA) is 118 Å². The van der Waals surface area contributed by atoms with Crippen molar-refractivity contribution in [3.8, 4) is 0 Å². The highest BCUT2D eigenvalue weighted by atomic mass is 32.2. The second-order valence-corrected chi connectivity index (χ2v) is 7.23. The van der Waals surface area contributed by atoms with E-state index in [1.165, 1.54) is 25.1 Å². The van der Waals surface area contributed by atoms with Crippen molar-refractivity contribution < 1.29 is 26.8 Å². The zero-order valence-corrected chi connectivity index (χ0v) is 15.1. The molecule has 1 unspecified atom stereocenters. The first-order valence-electron chi connectivity index (χ1n) is 7.56. The summed E-state index contributed by atoms with van der Waals surface area (Å²) in [5.74, 6) is -1.47. The third-order valence-corrected chi connectivity index (χ3v) is 5.01. The van der Waals surface area contributed by atoms with Gasteiger partial charge in [0, 0.05) is 0 Å². The number of amides is 2. The number of furan rings is 1. The van der Waals surface area contributed by atoms with Gasteiger partial charge >= 0.3 is 0 Å². The third-order valence-electron chi connectivity index (χ3n) is 3.44. The van der Waals surface area contributed by atoms with Crippen LogP contribution in [-0.4, -0.2) is 26.3 Å². The molecule has 10 heteroatoms. The maximum absolute atomic E-state index is 13.6. The number of carbonyl (C=O) groups is 2. The highest BCUT2D eigenvalue weighted by Crippen LogP contribution is 2.14. The minimum Gasteiger partial charge on any atom is -0.466 e. The molecule has 0 aliphatic carbocycles. The molecule has 0 bridgehead atoms. The molecular formula is C16H18FN3O5S. The maximum atomic E-state index is 13.6. The van der Waals surface area contributed by atoms with E-state index in [2.05, 4.69) is 10.9 Å². The van der Waals surface area contributed by atoms with Crippen molar-refractivity contribution in [1.82, 2.24) is 15.6 Å². The average molecular weight is 383 g/mol. The summed E-state index contributed by atoms with van der Waals surface area (Å²) in [6.07, 6.45) is 0. The number of nitrogens with one attached hydrogen (secondary N) is 3. The Morgan fingerprint density at radius 2 is 1.81 bits per heavy atom. The molecule has 0 spiro atoms. The summed E-state index contributed by atoms with van der Waals surface area (Å²) in [6, 6.07) is 5.02. The number of halogens is 1. The minimum atomic E-state index is -4.24. The Hall–Kier alpha value is -2.72. The van der Waals surface area contributed by atoms with Gasteiger partial charge in [-0.15, -0.1) is 0 Å². The van der Waals surface area contributed by atoms with Crippen LogP contribution in [-0.2, 0) is 14.8 Å². The summed E-state index contributed by atoms with van der Waals surface area (Å²) in [5.41, 5.74) is 4.51. The number of hydrogen-bond acceptors (Lipinski definition) is 5. The number of hydrogen-bond donors (Lipinski definition) is 3. The van der Waals surface area contributed by atoms with E-state index >= 15 is 0 Å². The van der Waals surface area contributed by atoms with Crippen LogP contribution in [0, 0.1) is 19.7 Å². The van der Waals surface area contributed by atoms with Gasteiger partial charge in [-0.3, -0.25) is 20.4 Å². The van der Waals surface area contributed by atoms with E-state index in [9.17, 15) is 22.4 Å². The predicted octanol–water partition coefficient (Wildman–Crippen LogP) is 1.16. The van der Waals surface area contributed by atoms with Crippen molar-refractivity contribution in [3.63, 3.8) is 0 Å². The number of rotatable bonds is 5. The van der Waals surface area contributed by atoms with Gasteiger partial charge in [0.2, 0.25) is 10.0 Å². The first kappa shape index (κ1) is 19.6. The lowest BCUT2D eigenvalue weighted by Gasteiger charge is -2.15. The van der Waals surface area contributed by atoms with E-state index in [1.54, 1.807) is 13.8 Å². The molecule has 1 heterocycles. The highest BCUT2D eigenvalue weighted by Gasteiger charge is 2.25. The standard InChI is InChI=1S/C16H18FN3O5S/c1-9-8-12(11(3)25-9)16(22)19-18-15(21)10(2)20-26(23,24)14-7-5-4-6-13(14)17/h4-8,10,20H,1-3H3,(H,18,21)(H,19,22). The fraction of sp³-hybridized carbons (Fsp3) is 0.250. The van der Waals surface area contributed by atoms with Gasteiger partial charge in [0.25, 0.3) is 11.8 Å². The Morgan fingerprint density at radius 1 is 1.15 bits per heavy atom. The molecule has 1 atom stereocenters. The summed E-state index contributed by atoms with van der Waals surface area (Å²) in [5, 5.41) is 0. The van der Waals surface area contributed by atoms with Crippen molar-refractivity contribution >= 4 is 21.8 Å². The molecule has 0 saturated heterocycles. The Bertz CT molecular complexity index is 939. The van der Waals surface area contributed by atoms with E-state index in [1.807, 2.05) is 4.72 Å². The van der Waals surface area contributed by atoms with Gasteiger partial charge in [-0.25, -0.2) is 12.8 Å². The van der Waals surface area contributed by atoms with Crippen LogP contribution in [0.5, 0.6) is 0 Å². The van der Waals surface area contributed by atoms with E-state index in [-0.39, 0.29) is 5.56 Å². The molecule has 0 aliphatic rings. The van der Waals surface area contributed by atoms with Gasteiger partial charge in [0.05, 0.1) is 11.6 Å². The van der Waals surface area contributed by atoms with Gasteiger partial charge in [-0.2, -0.15) is 4.72 Å². The van der Waals surface area contributed by atoms with Gasteiger partial charge < -0.3 is 4.42 Å². The minimum absolute atomic E-state index is 0.238. The molecule has 140 valence electrons. The van der Waals surface area contributed by atoms with Crippen LogP contribution < -0.4 is 15.6 Å². The third kappa shape index (κ3) is 4.46. The van der Waals surface area contributed by atoms with E-state index in [0.717, 1.165) is 12.1 Å². The number of sulfonamides is 1. The summed E-state index contributed by atoms with van der Waals surface area (Å²) in [6.45, 7) is 4.52. The summed E-state index contributed by atoms with van der Waals surface area (Å²) in [4.78, 5) is 23.4. The summed E-state index contributed by atoms with van der Waals surface area (Å²) in [7, 11) is -4.24. The second-order valence-electron chi connectivity index (χ2n) is 5.54. The average Bonchev–Trinajstić information content (AvgIpc) is 2.90. The fourth-order valence-corrected chi connectivity index (χ4v) is 3.44. The van der Waals surface area contributed by atoms with Crippen LogP contribution in [0.25, 0.3) is 0 Å². The van der Waals surface area contributed by atoms with Crippen LogP contribution in [0.4, 0.5) is 4.39 Å². The molecule has 2 rings (SSSR count). The van der Waals surface area contributed by atoms with Crippen molar-refractivity contribution in [2.45, 2.75) is 31.7 Å². The Labute approximate surface area is 149 Å². The smallest absolute Gasteiger partial charge is 0.273 e. The molecule has 3 N–H and O–H groups in total. The largest absolute Gasteiger partial charge is 0.466 e. The zero-order valence-electron chi connectivity index (χ0n) is 14.3. The monoisotopic (exact) mass is 383 g/mol. The second kappa shape index (κ2) is 7.67. The molecule has 0 radical (unpaired) electrons. The maximum Gasteiger partial charge on any atom is 0.273 e. The molecular weight excluding hydrogens is 365 g/mol. The zero-order chi connectivity index (χ0) is 19.5. The van der Waals surface area contributed by atoms with Crippen LogP contribution >= 0.6 is 0 Å². The predicted molar refractivity (Wildman–Crippen MR) is 90.0 cm³/mol.